The van der Waals surface area contributed by atoms with Crippen LogP contribution in [-0.2, 0) is 9.59 Å². The number of nitrogens with one attached hydrogen (secondary N) is 2. The van der Waals surface area contributed by atoms with Gasteiger partial charge in [0.2, 0.25) is 5.13 Å². The van der Waals surface area contributed by atoms with Crippen molar-refractivity contribution in [3.8, 4) is 16.3 Å². The molecule has 0 aliphatic carbocycles. The van der Waals surface area contributed by atoms with Gasteiger partial charge in [-0.05, 0) is 35.9 Å². The molecule has 9 nitrogen and oxygen atoms in total. The van der Waals surface area contributed by atoms with Crippen LogP contribution in [0.25, 0.3) is 10.6 Å². The summed E-state index contributed by atoms with van der Waals surface area (Å²) in [6.07, 6.45) is 1.29. The SMILES string of the molecule is O=C(N/N=C\c1cccc(OC(=O)c2ccc(Cl)cc2Cl)c1)C(=O)Nc1nnc(-c2ccccc2)s1. The normalized spacial score (nSPS) is 10.7. The zero-order valence-corrected chi connectivity index (χ0v) is 20.5. The van der Waals surface area contributed by atoms with Crippen molar-refractivity contribution < 1.29 is 19.1 Å². The van der Waals surface area contributed by atoms with Crippen molar-refractivity contribution in [2.24, 2.45) is 5.10 Å². The third-order valence-corrected chi connectivity index (χ3v) is 5.91. The number of nitrogens with zero attached hydrogens (tertiary/aromatic N) is 3. The smallest absolute Gasteiger partial charge is 0.345 e. The molecule has 12 heteroatoms. The summed E-state index contributed by atoms with van der Waals surface area (Å²) < 4.78 is 5.34. The van der Waals surface area contributed by atoms with E-state index in [1.54, 1.807) is 18.2 Å². The topological polar surface area (TPSA) is 123 Å². The van der Waals surface area contributed by atoms with Crippen molar-refractivity contribution in [3.05, 3.63) is 94.0 Å². The summed E-state index contributed by atoms with van der Waals surface area (Å²) in [6, 6.07) is 20.1. The lowest BCUT2D eigenvalue weighted by molar-refractivity contribution is -0.136. The molecule has 0 bridgehead atoms. The number of rotatable bonds is 6. The van der Waals surface area contributed by atoms with Crippen LogP contribution >= 0.6 is 34.5 Å². The molecule has 0 unspecified atom stereocenters. The fourth-order valence-electron chi connectivity index (χ4n) is 2.82. The Hall–Kier alpha value is -4.12. The van der Waals surface area contributed by atoms with Crippen LogP contribution in [0.15, 0.2) is 77.9 Å². The lowest BCUT2D eigenvalue weighted by Crippen LogP contribution is -2.32. The molecule has 2 amide bonds. The summed E-state index contributed by atoms with van der Waals surface area (Å²) in [5.74, 6) is -2.39. The molecule has 0 aliphatic rings. The van der Waals surface area contributed by atoms with Gasteiger partial charge in [0.1, 0.15) is 10.8 Å². The molecule has 0 radical (unpaired) electrons. The van der Waals surface area contributed by atoms with Gasteiger partial charge in [0.05, 0.1) is 16.8 Å². The van der Waals surface area contributed by atoms with Crippen molar-refractivity contribution in [2.75, 3.05) is 5.32 Å². The first-order valence-electron chi connectivity index (χ1n) is 10.2. The van der Waals surface area contributed by atoms with E-state index in [1.165, 1.54) is 30.5 Å². The predicted molar refractivity (Wildman–Crippen MR) is 138 cm³/mol. The summed E-state index contributed by atoms with van der Waals surface area (Å²) in [5, 5.41) is 15.3. The number of esters is 1. The largest absolute Gasteiger partial charge is 0.423 e. The van der Waals surface area contributed by atoms with Gasteiger partial charge in [0, 0.05) is 10.6 Å². The van der Waals surface area contributed by atoms with Gasteiger partial charge in [-0.15, -0.1) is 10.2 Å². The van der Waals surface area contributed by atoms with E-state index in [0.717, 1.165) is 16.9 Å². The summed E-state index contributed by atoms with van der Waals surface area (Å²) in [7, 11) is 0. The van der Waals surface area contributed by atoms with E-state index < -0.39 is 17.8 Å². The molecule has 180 valence electrons. The first kappa shape index (κ1) is 25.0. The molecule has 0 saturated carbocycles. The van der Waals surface area contributed by atoms with Gasteiger partial charge in [0.25, 0.3) is 0 Å². The highest BCUT2D eigenvalue weighted by atomic mass is 35.5. The van der Waals surface area contributed by atoms with E-state index in [2.05, 4.69) is 26.0 Å². The minimum Gasteiger partial charge on any atom is -0.423 e. The van der Waals surface area contributed by atoms with Crippen LogP contribution in [0.1, 0.15) is 15.9 Å². The van der Waals surface area contributed by atoms with Crippen LogP contribution in [0.5, 0.6) is 5.75 Å². The molecule has 0 aliphatic heterocycles. The fourth-order valence-corrected chi connectivity index (χ4v) is 4.05. The second-order valence-corrected chi connectivity index (χ2v) is 8.84. The number of aromatic nitrogens is 2. The minimum atomic E-state index is -0.998. The van der Waals surface area contributed by atoms with Gasteiger partial charge in [-0.3, -0.25) is 14.9 Å². The van der Waals surface area contributed by atoms with Crippen molar-refractivity contribution in [3.63, 3.8) is 0 Å². The molecule has 1 heterocycles. The predicted octanol–water partition coefficient (Wildman–Crippen LogP) is 4.82. The third-order valence-electron chi connectivity index (χ3n) is 4.47. The highest BCUT2D eigenvalue weighted by molar-refractivity contribution is 7.18. The highest BCUT2D eigenvalue weighted by Crippen LogP contribution is 2.26. The number of hydrazone groups is 1. The van der Waals surface area contributed by atoms with E-state index in [0.29, 0.717) is 15.6 Å². The highest BCUT2D eigenvalue weighted by Gasteiger charge is 2.16. The Labute approximate surface area is 218 Å². The van der Waals surface area contributed by atoms with Crippen LogP contribution in [0, 0.1) is 0 Å². The van der Waals surface area contributed by atoms with E-state index >= 15 is 0 Å². The lowest BCUT2D eigenvalue weighted by atomic mass is 10.2. The molecule has 0 saturated heterocycles. The Bertz CT molecular complexity index is 1460. The number of hydrogen-bond donors (Lipinski definition) is 2. The summed E-state index contributed by atoms with van der Waals surface area (Å²) >= 11 is 13.0. The molecular weight excluding hydrogens is 525 g/mol. The average molecular weight is 540 g/mol. The first-order valence-corrected chi connectivity index (χ1v) is 11.8. The molecule has 0 spiro atoms. The molecule has 4 aromatic rings. The number of benzene rings is 3. The first-order chi connectivity index (χ1) is 17.4. The van der Waals surface area contributed by atoms with E-state index in [9.17, 15) is 14.4 Å². The van der Waals surface area contributed by atoms with Gasteiger partial charge in [-0.25, -0.2) is 10.2 Å². The van der Waals surface area contributed by atoms with Crippen molar-refractivity contribution in [1.29, 1.82) is 0 Å². The van der Waals surface area contributed by atoms with Crippen LogP contribution in [0.3, 0.4) is 0 Å². The monoisotopic (exact) mass is 539 g/mol. The number of carbonyl (C=O) groups excluding carboxylic acids is 3. The molecule has 36 heavy (non-hydrogen) atoms. The van der Waals surface area contributed by atoms with Gasteiger partial charge < -0.3 is 4.74 Å². The summed E-state index contributed by atoms with van der Waals surface area (Å²) in [5.41, 5.74) is 3.62. The number of halogens is 2. The summed E-state index contributed by atoms with van der Waals surface area (Å²) in [6.45, 7) is 0. The quantitative estimate of drug-likeness (QED) is 0.119. The molecule has 4 rings (SSSR count). The van der Waals surface area contributed by atoms with Gasteiger partial charge >= 0.3 is 17.8 Å². The maximum atomic E-state index is 12.4. The molecule has 0 fully saturated rings. The number of amides is 2. The van der Waals surface area contributed by atoms with Crippen molar-refractivity contribution >= 4 is 63.7 Å². The van der Waals surface area contributed by atoms with Gasteiger partial charge in [-0.2, -0.15) is 5.10 Å². The fraction of sp³-hybridized carbons (Fsp3) is 0. The third kappa shape index (κ3) is 6.51. The van der Waals surface area contributed by atoms with Crippen LogP contribution in [0.4, 0.5) is 5.13 Å². The Kier molecular flexibility index (Phi) is 8.01. The molecular formula is C24H15Cl2N5O4S. The maximum absolute atomic E-state index is 12.4. The van der Waals surface area contributed by atoms with Gasteiger partial charge in [0.15, 0.2) is 0 Å². The van der Waals surface area contributed by atoms with Gasteiger partial charge in [-0.1, -0.05) is 77.0 Å². The van der Waals surface area contributed by atoms with E-state index in [-0.39, 0.29) is 21.5 Å². The summed E-state index contributed by atoms with van der Waals surface area (Å²) in [4.78, 5) is 36.6. The maximum Gasteiger partial charge on any atom is 0.345 e. The number of anilines is 1. The Morgan fingerprint density at radius 2 is 1.72 bits per heavy atom. The second-order valence-electron chi connectivity index (χ2n) is 7.02. The zero-order chi connectivity index (χ0) is 25.5. The molecule has 0 atom stereocenters. The Balaban J connectivity index is 1.32. The van der Waals surface area contributed by atoms with Crippen LogP contribution in [-0.4, -0.2) is 34.2 Å². The second kappa shape index (κ2) is 11.5. The lowest BCUT2D eigenvalue weighted by Gasteiger charge is -2.06. The zero-order valence-electron chi connectivity index (χ0n) is 18.1. The molecule has 1 aromatic heterocycles. The van der Waals surface area contributed by atoms with Crippen LogP contribution < -0.4 is 15.5 Å². The Morgan fingerprint density at radius 1 is 0.917 bits per heavy atom. The Morgan fingerprint density at radius 3 is 2.50 bits per heavy atom. The van der Waals surface area contributed by atoms with E-state index in [1.807, 2.05) is 30.3 Å². The minimum absolute atomic E-state index is 0.157. The number of hydrogen-bond acceptors (Lipinski definition) is 8. The molecule has 3 aromatic carbocycles. The van der Waals surface area contributed by atoms with Crippen molar-refractivity contribution in [2.45, 2.75) is 0 Å². The number of ether oxygens (including phenoxy) is 1. The number of carbonyl (C=O) groups is 3. The average Bonchev–Trinajstić information content (AvgIpc) is 3.33. The standard InChI is InChI=1S/C24H15Cl2N5O4S/c25-16-9-10-18(19(26)12-16)23(34)35-17-8-4-5-14(11-17)13-27-29-21(33)20(32)28-24-31-30-22(36-24)15-6-2-1-3-7-15/h1-13H,(H,29,33)(H,28,31,32)/b27-13-. The van der Waals surface area contributed by atoms with Crippen LogP contribution in [0.2, 0.25) is 10.0 Å². The van der Waals surface area contributed by atoms with E-state index in [4.69, 9.17) is 27.9 Å². The van der Waals surface area contributed by atoms with Crippen molar-refractivity contribution in [1.82, 2.24) is 15.6 Å². The molecule has 2 N–H and O–H groups in total.